The number of nitrogens with zero attached hydrogens (tertiary/aromatic N) is 4. The molecule has 0 saturated carbocycles. The topological polar surface area (TPSA) is 97.0 Å². The van der Waals surface area contributed by atoms with Crippen LogP contribution in [-0.4, -0.2) is 42.7 Å². The smallest absolute Gasteiger partial charge is 0.295 e. The first-order chi connectivity index (χ1) is 19.0. The van der Waals surface area contributed by atoms with E-state index in [9.17, 15) is 14.7 Å². The molecule has 1 unspecified atom stereocenters. The van der Waals surface area contributed by atoms with Crippen molar-refractivity contribution in [2.24, 2.45) is 0 Å². The van der Waals surface area contributed by atoms with Gasteiger partial charge in [0.15, 0.2) is 5.76 Å². The number of aryl methyl sites for hydroxylation is 1. The quantitative estimate of drug-likeness (QED) is 0.125. The van der Waals surface area contributed by atoms with E-state index in [2.05, 4.69) is 16.9 Å². The Hall–Kier alpha value is -4.46. The molecule has 5 rings (SSSR count). The summed E-state index contributed by atoms with van der Waals surface area (Å²) in [7, 11) is 0. The summed E-state index contributed by atoms with van der Waals surface area (Å²) in [6, 6.07) is 15.7. The van der Waals surface area contributed by atoms with E-state index >= 15 is 0 Å². The molecule has 1 fully saturated rings. The average Bonchev–Trinajstić information content (AvgIpc) is 3.42. The van der Waals surface area contributed by atoms with E-state index < -0.39 is 17.7 Å². The summed E-state index contributed by atoms with van der Waals surface area (Å²) in [5.74, 6) is -0.937. The first kappa shape index (κ1) is 26.2. The standard InChI is InChI=1S/C31H32N4O4/c1-3-4-5-8-18-39-24-14-12-23(13-15-24)28-26(29(36)27-21(2)33-25-11-6-7-17-34(25)27)30(37)31(38)35(28)20-22-10-9-16-32-19-22/h6-7,9-17,19,28,36H,3-5,8,18,20H2,1-2H3/b29-26+. The fourth-order valence-electron chi connectivity index (χ4n) is 5.07. The maximum Gasteiger partial charge on any atom is 0.295 e. The lowest BCUT2D eigenvalue weighted by Gasteiger charge is -2.25. The van der Waals surface area contributed by atoms with E-state index in [0.717, 1.165) is 24.2 Å². The highest BCUT2D eigenvalue weighted by atomic mass is 16.5. The van der Waals surface area contributed by atoms with Gasteiger partial charge in [0, 0.05) is 25.1 Å². The van der Waals surface area contributed by atoms with Gasteiger partial charge in [-0.2, -0.15) is 0 Å². The summed E-state index contributed by atoms with van der Waals surface area (Å²) < 4.78 is 7.63. The predicted octanol–water partition coefficient (Wildman–Crippen LogP) is 5.62. The number of rotatable bonds is 10. The zero-order valence-electron chi connectivity index (χ0n) is 22.2. The Morgan fingerprint density at radius 1 is 1.03 bits per heavy atom. The van der Waals surface area contributed by atoms with Gasteiger partial charge in [0.25, 0.3) is 11.7 Å². The molecule has 3 aromatic heterocycles. The highest BCUT2D eigenvalue weighted by Crippen LogP contribution is 2.41. The van der Waals surface area contributed by atoms with Crippen LogP contribution in [0.15, 0.2) is 78.8 Å². The second kappa shape index (κ2) is 11.5. The van der Waals surface area contributed by atoms with Crippen LogP contribution in [0.4, 0.5) is 0 Å². The first-order valence-electron chi connectivity index (χ1n) is 13.3. The maximum absolute atomic E-state index is 13.5. The van der Waals surface area contributed by atoms with E-state index in [1.54, 1.807) is 36.0 Å². The number of Topliss-reactive ketones (excluding diaryl/α,β-unsaturated/α-hetero) is 1. The van der Waals surface area contributed by atoms with Crippen LogP contribution in [0.2, 0.25) is 0 Å². The highest BCUT2D eigenvalue weighted by molar-refractivity contribution is 6.46. The van der Waals surface area contributed by atoms with Gasteiger partial charge in [-0.3, -0.25) is 19.0 Å². The minimum Gasteiger partial charge on any atom is -0.505 e. The van der Waals surface area contributed by atoms with Crippen molar-refractivity contribution < 1.29 is 19.4 Å². The van der Waals surface area contributed by atoms with Gasteiger partial charge in [0.1, 0.15) is 17.1 Å². The van der Waals surface area contributed by atoms with Crippen molar-refractivity contribution in [1.82, 2.24) is 19.3 Å². The Morgan fingerprint density at radius 3 is 2.59 bits per heavy atom. The predicted molar refractivity (Wildman–Crippen MR) is 148 cm³/mol. The molecular weight excluding hydrogens is 492 g/mol. The number of aliphatic hydroxyl groups excluding tert-OH is 1. The number of likely N-dealkylation sites (tertiary alicyclic amines) is 1. The fraction of sp³-hybridized carbons (Fsp3) is 0.290. The number of ether oxygens (including phenoxy) is 1. The van der Waals surface area contributed by atoms with Crippen LogP contribution in [-0.2, 0) is 16.1 Å². The SMILES string of the molecule is CCCCCCOc1ccc(C2/C(=C(\O)c3c(C)nc4ccccn34)C(=O)C(=O)N2Cc2cccnc2)cc1. The molecule has 8 nitrogen and oxygen atoms in total. The molecule has 4 heterocycles. The summed E-state index contributed by atoms with van der Waals surface area (Å²) in [6.45, 7) is 4.75. The van der Waals surface area contributed by atoms with Gasteiger partial charge in [-0.25, -0.2) is 4.98 Å². The number of benzene rings is 1. The molecule has 1 amide bonds. The van der Waals surface area contributed by atoms with Crippen molar-refractivity contribution in [3.8, 4) is 5.75 Å². The third-order valence-corrected chi connectivity index (χ3v) is 7.01. The molecule has 4 aromatic rings. The Labute approximate surface area is 227 Å². The van der Waals surface area contributed by atoms with Crippen LogP contribution < -0.4 is 4.74 Å². The summed E-state index contributed by atoms with van der Waals surface area (Å²) in [5, 5.41) is 11.6. The van der Waals surface area contributed by atoms with Crippen LogP contribution in [0.3, 0.4) is 0 Å². The zero-order chi connectivity index (χ0) is 27.4. The molecule has 1 aromatic carbocycles. The number of imidazole rings is 1. The molecule has 0 radical (unpaired) electrons. The molecule has 39 heavy (non-hydrogen) atoms. The summed E-state index contributed by atoms with van der Waals surface area (Å²) in [5.41, 5.74) is 3.10. The Bertz CT molecular complexity index is 1510. The molecule has 1 aliphatic rings. The van der Waals surface area contributed by atoms with Crippen molar-refractivity contribution in [2.45, 2.75) is 52.1 Å². The fourth-order valence-corrected chi connectivity index (χ4v) is 5.07. The molecule has 0 bridgehead atoms. The molecule has 0 spiro atoms. The lowest BCUT2D eigenvalue weighted by atomic mass is 9.96. The number of unbranched alkanes of at least 4 members (excludes halogenated alkanes) is 3. The largest absolute Gasteiger partial charge is 0.505 e. The number of fused-ring (bicyclic) bond motifs is 1. The van der Waals surface area contributed by atoms with Crippen LogP contribution in [0, 0.1) is 6.92 Å². The van der Waals surface area contributed by atoms with Crippen molar-refractivity contribution in [3.05, 3.63) is 101 Å². The number of hydrogen-bond acceptors (Lipinski definition) is 6. The number of carbonyl (C=O) groups excluding carboxylic acids is 2. The van der Waals surface area contributed by atoms with Crippen LogP contribution in [0.5, 0.6) is 5.75 Å². The first-order valence-corrected chi connectivity index (χ1v) is 13.3. The van der Waals surface area contributed by atoms with E-state index in [1.165, 1.54) is 17.7 Å². The van der Waals surface area contributed by atoms with Gasteiger partial charge in [-0.05, 0) is 54.8 Å². The van der Waals surface area contributed by atoms with Crippen molar-refractivity contribution in [3.63, 3.8) is 0 Å². The lowest BCUT2D eigenvalue weighted by Crippen LogP contribution is -2.29. The van der Waals surface area contributed by atoms with Gasteiger partial charge < -0.3 is 14.7 Å². The molecule has 1 atom stereocenters. The molecule has 8 heteroatoms. The van der Waals surface area contributed by atoms with Crippen molar-refractivity contribution in [1.29, 1.82) is 0 Å². The monoisotopic (exact) mass is 524 g/mol. The van der Waals surface area contributed by atoms with Crippen LogP contribution in [0.25, 0.3) is 11.4 Å². The third-order valence-electron chi connectivity index (χ3n) is 7.01. The minimum absolute atomic E-state index is 0.0332. The van der Waals surface area contributed by atoms with E-state index in [0.29, 0.717) is 29.2 Å². The van der Waals surface area contributed by atoms with Crippen molar-refractivity contribution in [2.75, 3.05) is 6.61 Å². The highest BCUT2D eigenvalue weighted by Gasteiger charge is 2.46. The molecule has 1 saturated heterocycles. The average molecular weight is 525 g/mol. The minimum atomic E-state index is -0.794. The Balaban J connectivity index is 1.55. The van der Waals surface area contributed by atoms with Gasteiger partial charge in [0.05, 0.1) is 23.9 Å². The molecule has 1 aliphatic heterocycles. The van der Waals surface area contributed by atoms with Gasteiger partial charge >= 0.3 is 0 Å². The lowest BCUT2D eigenvalue weighted by molar-refractivity contribution is -0.140. The maximum atomic E-state index is 13.5. The van der Waals surface area contributed by atoms with Gasteiger partial charge in [-0.1, -0.05) is 50.5 Å². The number of pyridine rings is 2. The number of hydrogen-bond donors (Lipinski definition) is 1. The van der Waals surface area contributed by atoms with Crippen LogP contribution >= 0.6 is 0 Å². The summed E-state index contributed by atoms with van der Waals surface area (Å²) in [4.78, 5) is 37.0. The second-order valence-electron chi connectivity index (χ2n) is 9.74. The van der Waals surface area contributed by atoms with E-state index in [4.69, 9.17) is 4.74 Å². The molecule has 1 N–H and O–H groups in total. The summed E-state index contributed by atoms with van der Waals surface area (Å²) in [6.07, 6.45) is 9.56. The molecule has 0 aliphatic carbocycles. The Morgan fingerprint density at radius 2 is 1.85 bits per heavy atom. The zero-order valence-corrected chi connectivity index (χ0v) is 22.2. The number of aliphatic hydroxyl groups is 1. The second-order valence-corrected chi connectivity index (χ2v) is 9.74. The van der Waals surface area contributed by atoms with E-state index in [-0.39, 0.29) is 17.9 Å². The molecule has 200 valence electrons. The number of amides is 1. The number of ketones is 1. The third kappa shape index (κ3) is 5.27. The Kier molecular flexibility index (Phi) is 7.72. The normalized spacial score (nSPS) is 16.8. The number of aromatic nitrogens is 3. The van der Waals surface area contributed by atoms with Gasteiger partial charge in [-0.15, -0.1) is 0 Å². The van der Waals surface area contributed by atoms with Crippen molar-refractivity contribution >= 4 is 23.1 Å². The number of carbonyl (C=O) groups is 2. The van der Waals surface area contributed by atoms with E-state index in [1.807, 2.05) is 48.5 Å². The summed E-state index contributed by atoms with van der Waals surface area (Å²) >= 11 is 0. The molecular formula is C31H32N4O4. The van der Waals surface area contributed by atoms with Crippen LogP contribution in [0.1, 0.15) is 61.2 Å². The van der Waals surface area contributed by atoms with Gasteiger partial charge in [0.2, 0.25) is 0 Å².